The second-order valence-electron chi connectivity index (χ2n) is 5.03. The SMILES string of the molecule is C=C1c2ccccc2N2CCCC12CCC. The van der Waals surface area contributed by atoms with Crippen molar-refractivity contribution in [3.8, 4) is 0 Å². The van der Waals surface area contributed by atoms with E-state index >= 15 is 0 Å². The highest BCUT2D eigenvalue weighted by molar-refractivity contribution is 5.90. The molecule has 1 atom stereocenters. The van der Waals surface area contributed by atoms with E-state index in [1.54, 1.807) is 0 Å². The van der Waals surface area contributed by atoms with Gasteiger partial charge in [-0.15, -0.1) is 0 Å². The van der Waals surface area contributed by atoms with E-state index in [0.717, 1.165) is 0 Å². The molecule has 1 aromatic rings. The third-order valence-electron chi connectivity index (χ3n) is 4.23. The Morgan fingerprint density at radius 2 is 2.19 bits per heavy atom. The molecule has 3 rings (SSSR count). The average molecular weight is 213 g/mol. The number of anilines is 1. The van der Waals surface area contributed by atoms with E-state index in [0.29, 0.717) is 0 Å². The van der Waals surface area contributed by atoms with E-state index in [9.17, 15) is 0 Å². The van der Waals surface area contributed by atoms with Crippen molar-refractivity contribution in [3.63, 3.8) is 0 Å². The topological polar surface area (TPSA) is 3.24 Å². The van der Waals surface area contributed by atoms with Gasteiger partial charge in [-0.25, -0.2) is 0 Å². The van der Waals surface area contributed by atoms with Crippen LogP contribution >= 0.6 is 0 Å². The number of nitrogens with zero attached hydrogens (tertiary/aromatic N) is 1. The summed E-state index contributed by atoms with van der Waals surface area (Å²) in [7, 11) is 0. The number of fused-ring (bicyclic) bond motifs is 3. The van der Waals surface area contributed by atoms with Crippen LogP contribution in [0.15, 0.2) is 30.8 Å². The highest BCUT2D eigenvalue weighted by atomic mass is 15.2. The van der Waals surface area contributed by atoms with E-state index in [-0.39, 0.29) is 5.54 Å². The van der Waals surface area contributed by atoms with E-state index in [4.69, 9.17) is 0 Å². The zero-order valence-electron chi connectivity index (χ0n) is 10.00. The first-order valence-electron chi connectivity index (χ1n) is 6.36. The minimum absolute atomic E-state index is 0.262. The second kappa shape index (κ2) is 3.38. The molecule has 1 aromatic carbocycles. The smallest absolute Gasteiger partial charge is 0.0655 e. The Labute approximate surface area is 97.8 Å². The quantitative estimate of drug-likeness (QED) is 0.721. The molecule has 1 fully saturated rings. The number of rotatable bonds is 2. The van der Waals surface area contributed by atoms with Crippen LogP contribution in [0.25, 0.3) is 5.57 Å². The maximum atomic E-state index is 4.39. The van der Waals surface area contributed by atoms with Gasteiger partial charge in [0.1, 0.15) is 0 Å². The van der Waals surface area contributed by atoms with Crippen LogP contribution in [0.2, 0.25) is 0 Å². The lowest BCUT2D eigenvalue weighted by molar-refractivity contribution is 0.507. The molecule has 0 radical (unpaired) electrons. The van der Waals surface area contributed by atoms with Crippen molar-refractivity contribution in [1.29, 1.82) is 0 Å². The van der Waals surface area contributed by atoms with Crippen molar-refractivity contribution >= 4 is 11.3 Å². The fourth-order valence-electron chi connectivity index (χ4n) is 3.58. The summed E-state index contributed by atoms with van der Waals surface area (Å²) in [6.07, 6.45) is 5.09. The van der Waals surface area contributed by atoms with Crippen LogP contribution in [0.3, 0.4) is 0 Å². The third-order valence-corrected chi connectivity index (χ3v) is 4.23. The standard InChI is InChI=1S/C15H19N/c1-3-9-15-10-6-11-16(15)14-8-5-4-7-13(14)12(15)2/h4-5,7-8H,2-3,6,9-11H2,1H3. The Balaban J connectivity index is 2.13. The van der Waals surface area contributed by atoms with Gasteiger partial charge in [-0.3, -0.25) is 0 Å². The van der Waals surface area contributed by atoms with Crippen LogP contribution in [0, 0.1) is 0 Å². The van der Waals surface area contributed by atoms with Gasteiger partial charge in [0.15, 0.2) is 0 Å². The number of hydrogen-bond donors (Lipinski definition) is 0. The molecule has 1 unspecified atom stereocenters. The Hall–Kier alpha value is -1.24. The molecular formula is C15H19N. The fourth-order valence-corrected chi connectivity index (χ4v) is 3.58. The largest absolute Gasteiger partial charge is 0.361 e. The number of para-hydroxylation sites is 1. The minimum atomic E-state index is 0.262. The normalized spacial score (nSPS) is 27.1. The van der Waals surface area contributed by atoms with Gasteiger partial charge in [-0.05, 0) is 30.9 Å². The zero-order valence-corrected chi connectivity index (χ0v) is 10.00. The molecule has 0 spiro atoms. The molecule has 2 aliphatic heterocycles. The number of hydrogen-bond acceptors (Lipinski definition) is 1. The Morgan fingerprint density at radius 3 is 3.00 bits per heavy atom. The molecule has 0 aliphatic carbocycles. The Kier molecular flexibility index (Phi) is 2.10. The summed E-state index contributed by atoms with van der Waals surface area (Å²) >= 11 is 0. The maximum Gasteiger partial charge on any atom is 0.0655 e. The summed E-state index contributed by atoms with van der Waals surface area (Å²) in [6, 6.07) is 8.76. The van der Waals surface area contributed by atoms with Crippen LogP contribution in [0.4, 0.5) is 5.69 Å². The molecule has 2 heterocycles. The van der Waals surface area contributed by atoms with Crippen LogP contribution in [-0.2, 0) is 0 Å². The van der Waals surface area contributed by atoms with E-state index in [1.165, 1.54) is 49.1 Å². The highest BCUT2D eigenvalue weighted by Gasteiger charge is 2.48. The fraction of sp³-hybridized carbons (Fsp3) is 0.467. The summed E-state index contributed by atoms with van der Waals surface area (Å²) in [4.78, 5) is 2.61. The second-order valence-corrected chi connectivity index (χ2v) is 5.03. The Morgan fingerprint density at radius 1 is 1.38 bits per heavy atom. The molecule has 0 saturated carbocycles. The summed E-state index contributed by atoms with van der Waals surface area (Å²) in [5.41, 5.74) is 4.43. The van der Waals surface area contributed by atoms with Crippen molar-refractivity contribution < 1.29 is 0 Å². The van der Waals surface area contributed by atoms with Crippen molar-refractivity contribution in [1.82, 2.24) is 0 Å². The monoisotopic (exact) mass is 213 g/mol. The van der Waals surface area contributed by atoms with Gasteiger partial charge in [0.2, 0.25) is 0 Å². The summed E-state index contributed by atoms with van der Waals surface area (Å²) in [5, 5.41) is 0. The first-order chi connectivity index (χ1) is 7.79. The van der Waals surface area contributed by atoms with Gasteiger partial charge in [0, 0.05) is 17.8 Å². The highest BCUT2D eigenvalue weighted by Crippen LogP contribution is 2.53. The van der Waals surface area contributed by atoms with E-state index in [1.807, 2.05) is 0 Å². The van der Waals surface area contributed by atoms with Gasteiger partial charge >= 0.3 is 0 Å². The molecule has 1 saturated heterocycles. The molecule has 0 bridgehead atoms. The first-order valence-corrected chi connectivity index (χ1v) is 6.36. The molecule has 2 aliphatic rings. The van der Waals surface area contributed by atoms with Gasteiger partial charge in [-0.1, -0.05) is 38.1 Å². The van der Waals surface area contributed by atoms with Gasteiger partial charge in [-0.2, -0.15) is 0 Å². The van der Waals surface area contributed by atoms with Crippen LogP contribution in [0.1, 0.15) is 38.2 Å². The van der Waals surface area contributed by atoms with Crippen LogP contribution < -0.4 is 4.90 Å². The van der Waals surface area contributed by atoms with E-state index in [2.05, 4.69) is 42.7 Å². The summed E-state index contributed by atoms with van der Waals surface area (Å²) < 4.78 is 0. The Bertz CT molecular complexity index is 435. The van der Waals surface area contributed by atoms with E-state index < -0.39 is 0 Å². The van der Waals surface area contributed by atoms with Gasteiger partial charge < -0.3 is 4.90 Å². The molecule has 84 valence electrons. The average Bonchev–Trinajstić information content (AvgIpc) is 2.81. The van der Waals surface area contributed by atoms with Crippen LogP contribution in [-0.4, -0.2) is 12.1 Å². The molecular weight excluding hydrogens is 194 g/mol. The lowest BCUT2D eigenvalue weighted by atomic mass is 9.84. The van der Waals surface area contributed by atoms with Gasteiger partial charge in [0.05, 0.1) is 5.54 Å². The lowest BCUT2D eigenvalue weighted by Crippen LogP contribution is -2.40. The first kappa shape index (κ1) is 9.95. The minimum Gasteiger partial charge on any atom is -0.361 e. The molecule has 0 aromatic heterocycles. The summed E-state index contributed by atoms with van der Waals surface area (Å²) in [5.74, 6) is 0. The van der Waals surface area contributed by atoms with Crippen molar-refractivity contribution in [2.24, 2.45) is 0 Å². The molecule has 1 heteroatoms. The predicted molar refractivity (Wildman–Crippen MR) is 69.7 cm³/mol. The molecule has 1 nitrogen and oxygen atoms in total. The molecule has 16 heavy (non-hydrogen) atoms. The van der Waals surface area contributed by atoms with Crippen molar-refractivity contribution in [2.45, 2.75) is 38.1 Å². The van der Waals surface area contributed by atoms with Crippen LogP contribution in [0.5, 0.6) is 0 Å². The van der Waals surface area contributed by atoms with Crippen molar-refractivity contribution in [2.75, 3.05) is 11.4 Å². The zero-order chi connectivity index (χ0) is 11.2. The predicted octanol–water partition coefficient (Wildman–Crippen LogP) is 3.85. The summed E-state index contributed by atoms with van der Waals surface area (Å²) in [6.45, 7) is 7.87. The lowest BCUT2D eigenvalue weighted by Gasteiger charge is -2.34. The third kappa shape index (κ3) is 1.06. The number of benzene rings is 1. The molecule has 0 amide bonds. The van der Waals surface area contributed by atoms with Gasteiger partial charge in [0.25, 0.3) is 0 Å². The molecule has 0 N–H and O–H groups in total. The van der Waals surface area contributed by atoms with Crippen molar-refractivity contribution in [3.05, 3.63) is 36.4 Å². The maximum absolute atomic E-state index is 4.39.